The molecular weight excluding hydrogens is 1050 g/mol. The Balaban J connectivity index is 0.000000328. The zero-order valence-corrected chi connectivity index (χ0v) is 43.2. The van der Waals surface area contributed by atoms with Gasteiger partial charge in [-0.25, -0.2) is 41.5 Å². The molecule has 0 fully saturated rings. The van der Waals surface area contributed by atoms with Gasteiger partial charge in [0, 0.05) is 64.1 Å². The molecule has 384 valence electrons. The van der Waals surface area contributed by atoms with Gasteiger partial charge in [-0.1, -0.05) is 0 Å². The van der Waals surface area contributed by atoms with Crippen molar-refractivity contribution in [3.63, 3.8) is 0 Å². The van der Waals surface area contributed by atoms with Crippen LogP contribution in [0.15, 0.2) is 45.9 Å². The maximum atomic E-state index is 14.0. The van der Waals surface area contributed by atoms with Crippen LogP contribution in [-0.2, 0) is 43.3 Å². The minimum Gasteiger partial charge on any atom is -0.461 e. The number of alkyl carbamates (subject to hydrolysis) is 2. The zero-order valence-electron chi connectivity index (χ0n) is 40.0. The molecule has 0 radical (unpaired) electrons. The molecule has 3 amide bonds. The van der Waals surface area contributed by atoms with Crippen molar-refractivity contribution < 1.29 is 70.0 Å². The smallest absolute Gasteiger partial charge is 0.407 e. The quantitative estimate of drug-likeness (QED) is 0.0404. The van der Waals surface area contributed by atoms with Gasteiger partial charge in [0.05, 0.1) is 28.8 Å². The number of rotatable bonds is 14. The average Bonchev–Trinajstić information content (AvgIpc) is 3.97. The molecule has 69 heavy (non-hydrogen) atoms. The highest BCUT2D eigenvalue weighted by molar-refractivity contribution is 9.10. The number of aromatic nitrogens is 4. The van der Waals surface area contributed by atoms with Crippen molar-refractivity contribution in [1.82, 2.24) is 34.6 Å². The van der Waals surface area contributed by atoms with E-state index < -0.39 is 64.6 Å². The van der Waals surface area contributed by atoms with Crippen LogP contribution in [0.1, 0.15) is 124 Å². The van der Waals surface area contributed by atoms with Crippen molar-refractivity contribution in [3.8, 4) is 0 Å². The Kier molecular flexibility index (Phi) is 24.6. The molecule has 0 saturated carbocycles. The lowest BCUT2D eigenvalue weighted by molar-refractivity contribution is 0.0496. The first kappa shape index (κ1) is 59.3. The lowest BCUT2D eigenvalue weighted by Gasteiger charge is -2.19. The van der Waals surface area contributed by atoms with Gasteiger partial charge in [0.25, 0.3) is 5.91 Å². The molecule has 0 aromatic carbocycles. The summed E-state index contributed by atoms with van der Waals surface area (Å²) in [6, 6.07) is 2.39. The molecule has 18 nitrogen and oxygen atoms in total. The van der Waals surface area contributed by atoms with Crippen molar-refractivity contribution in [2.24, 2.45) is 0 Å². The van der Waals surface area contributed by atoms with E-state index in [1.807, 2.05) is 0 Å². The number of nitrogens with one attached hydrogen (secondary N) is 4. The van der Waals surface area contributed by atoms with E-state index in [1.165, 1.54) is 39.9 Å². The third-order valence-electron chi connectivity index (χ3n) is 8.54. The molecule has 0 unspecified atom stereocenters. The van der Waals surface area contributed by atoms with E-state index in [0.29, 0.717) is 56.6 Å². The Morgan fingerprint density at radius 3 is 1.71 bits per heavy atom. The summed E-state index contributed by atoms with van der Waals surface area (Å²) < 4.78 is 83.1. The maximum Gasteiger partial charge on any atom is 0.407 e. The van der Waals surface area contributed by atoms with Gasteiger partial charge < -0.3 is 58.3 Å². The van der Waals surface area contributed by atoms with Gasteiger partial charge in [0.15, 0.2) is 40.4 Å². The van der Waals surface area contributed by atoms with Crippen LogP contribution >= 0.6 is 31.9 Å². The number of aromatic amines is 1. The second-order valence-electron chi connectivity index (χ2n) is 16.4. The third kappa shape index (κ3) is 20.4. The van der Waals surface area contributed by atoms with Gasteiger partial charge in [-0.05, 0) is 126 Å². The Morgan fingerprint density at radius 2 is 1.20 bits per heavy atom. The minimum atomic E-state index is -0.712. The summed E-state index contributed by atoms with van der Waals surface area (Å²) >= 11 is 6.11. The van der Waals surface area contributed by atoms with E-state index in [2.05, 4.69) is 57.5 Å². The molecule has 4 aromatic heterocycles. The van der Waals surface area contributed by atoms with Gasteiger partial charge >= 0.3 is 30.1 Å². The minimum absolute atomic E-state index is 0.0980. The second kappa shape index (κ2) is 28.6. The number of esters is 3. The summed E-state index contributed by atoms with van der Waals surface area (Å²) in [6.07, 6.45) is 6.77. The van der Waals surface area contributed by atoms with Gasteiger partial charge in [0.1, 0.15) is 16.9 Å². The van der Waals surface area contributed by atoms with Crippen LogP contribution in [-0.4, -0.2) is 105 Å². The summed E-state index contributed by atoms with van der Waals surface area (Å²) in [5.74, 6) is -4.71. The fourth-order valence-electron chi connectivity index (χ4n) is 5.78. The van der Waals surface area contributed by atoms with E-state index >= 15 is 0 Å². The van der Waals surface area contributed by atoms with E-state index in [9.17, 15) is 46.3 Å². The van der Waals surface area contributed by atoms with E-state index in [-0.39, 0.29) is 53.0 Å². The van der Waals surface area contributed by atoms with Crippen LogP contribution in [0, 0.1) is 23.3 Å². The predicted octanol–water partition coefficient (Wildman–Crippen LogP) is 9.05. The summed E-state index contributed by atoms with van der Waals surface area (Å²) in [5.41, 5.74) is -1.33. The monoisotopic (exact) mass is 1110 g/mol. The fraction of sp³-hybridized carbons (Fsp3) is 0.511. The first-order chi connectivity index (χ1) is 32.3. The number of H-pyrrole nitrogens is 1. The molecule has 5 rings (SSSR count). The van der Waals surface area contributed by atoms with Gasteiger partial charge in [0.2, 0.25) is 0 Å². The molecule has 5 heterocycles. The lowest BCUT2D eigenvalue weighted by Crippen LogP contribution is -2.33. The number of hydrogen-bond acceptors (Lipinski definition) is 11. The summed E-state index contributed by atoms with van der Waals surface area (Å²) in [7, 11) is 0. The molecular formula is C45H61Br2F4N7O11. The Hall–Kier alpha value is -5.78. The Bertz CT molecular complexity index is 2330. The number of ether oxygens (including phenoxy) is 5. The first-order valence-electron chi connectivity index (χ1n) is 21.8. The average molecular weight is 1110 g/mol. The van der Waals surface area contributed by atoms with E-state index in [0.717, 1.165) is 6.42 Å². The molecule has 0 saturated heterocycles. The number of halogens is 6. The molecule has 4 N–H and O–H groups in total. The summed E-state index contributed by atoms with van der Waals surface area (Å²) in [5, 5.41) is 7.85. The number of amides is 3. The highest BCUT2D eigenvalue weighted by atomic mass is 79.9. The van der Waals surface area contributed by atoms with Gasteiger partial charge in [-0.3, -0.25) is 4.79 Å². The molecule has 4 aromatic rings. The second-order valence-corrected chi connectivity index (χ2v) is 18.1. The number of carbonyl (C=O) groups is 6. The molecule has 0 atom stereocenters. The van der Waals surface area contributed by atoms with Crippen LogP contribution in [0.5, 0.6) is 0 Å². The van der Waals surface area contributed by atoms with E-state index in [4.69, 9.17) is 18.9 Å². The van der Waals surface area contributed by atoms with Gasteiger partial charge in [-0.15, -0.1) is 0 Å². The van der Waals surface area contributed by atoms with Crippen molar-refractivity contribution >= 4 is 67.9 Å². The van der Waals surface area contributed by atoms with Crippen molar-refractivity contribution in [2.45, 2.75) is 112 Å². The highest BCUT2D eigenvalue weighted by Crippen LogP contribution is 2.24. The maximum absolute atomic E-state index is 14.0. The van der Waals surface area contributed by atoms with Crippen molar-refractivity contribution in [1.29, 1.82) is 0 Å². The van der Waals surface area contributed by atoms with Crippen LogP contribution in [0.3, 0.4) is 0 Å². The number of carbonyl (C=O) groups excluding carboxylic acids is 6. The fourth-order valence-corrected chi connectivity index (χ4v) is 6.65. The third-order valence-corrected chi connectivity index (χ3v) is 9.65. The largest absolute Gasteiger partial charge is 0.461 e. The topological polar surface area (TPSA) is 215 Å². The van der Waals surface area contributed by atoms with Crippen molar-refractivity contribution in [2.75, 3.05) is 39.5 Å². The molecule has 1 aliphatic heterocycles. The van der Waals surface area contributed by atoms with Gasteiger partial charge in [-0.2, -0.15) is 0 Å². The number of fused-ring (bicyclic) bond motifs is 1. The zero-order chi connectivity index (χ0) is 52.1. The number of aryl methyl sites for hydroxylation is 3. The van der Waals surface area contributed by atoms with E-state index in [1.54, 1.807) is 73.1 Å². The summed E-state index contributed by atoms with van der Waals surface area (Å²) in [4.78, 5) is 71.1. The predicted molar refractivity (Wildman–Crippen MR) is 252 cm³/mol. The standard InChI is InChI=1S/C15H22BrFN2O4.C15H23FN2O4.C8H8BrFN2O.C7H8FNO2/c1-5-22-13(20)12-11(17)10(16)9-19(12)8-6-7-18-14(21)23-15(2,3)4;1-5-21-13(19)12-11(16)7-10-18(12)9-6-8-17-14(20)22-15(2,3)4;9-5-4-12-3-1-2-11-8(13)7(12)6(5)10;1-2-11-7(10)6-5(8)3-4-9-6/h9H,5-8H2,1-4H3,(H,18,21);7,10H,5-6,8-9H2,1-4H3,(H,17,20);4H,1-3H2,(H,11,13);3-4,9H,2H2,1H3. The SMILES string of the molecule is CCOC(=O)c1[nH]ccc1F.CCOC(=O)c1c(F)c(Br)cn1CCCNC(=O)OC(C)(C)C.CCOC(=O)c1c(F)ccn1CCCNC(=O)OC(C)(C)C.O=C1NCCCn2cc(Br)c(F)c21. The number of hydrogen-bond donors (Lipinski definition) is 4. The molecule has 0 bridgehead atoms. The van der Waals surface area contributed by atoms with Crippen LogP contribution in [0.25, 0.3) is 0 Å². The van der Waals surface area contributed by atoms with Crippen LogP contribution in [0.2, 0.25) is 0 Å². The Labute approximate surface area is 414 Å². The molecule has 24 heteroatoms. The molecule has 0 aliphatic carbocycles. The molecule has 0 spiro atoms. The highest BCUT2D eigenvalue weighted by Gasteiger charge is 2.24. The van der Waals surface area contributed by atoms with Crippen LogP contribution < -0.4 is 16.0 Å². The summed E-state index contributed by atoms with van der Waals surface area (Å²) in [6.45, 7) is 19.0. The Morgan fingerprint density at radius 1 is 0.696 bits per heavy atom. The van der Waals surface area contributed by atoms with Crippen LogP contribution in [0.4, 0.5) is 27.2 Å². The number of nitrogens with zero attached hydrogens (tertiary/aromatic N) is 3. The lowest BCUT2D eigenvalue weighted by atomic mass is 10.2. The normalized spacial score (nSPS) is 11.9. The molecule has 1 aliphatic rings. The first-order valence-corrected chi connectivity index (χ1v) is 23.4. The van der Waals surface area contributed by atoms with Crippen molar-refractivity contribution in [3.05, 3.63) is 91.9 Å².